The Morgan fingerprint density at radius 2 is 0.750 bits per heavy atom. The maximum atomic E-state index is 0. The van der Waals surface area contributed by atoms with Crippen LogP contribution in [0.25, 0.3) is 12.3 Å². The molecule has 0 N–H and O–H groups in total. The van der Waals surface area contributed by atoms with Crippen LogP contribution in [0, 0.1) is 0 Å². The molecule has 0 unspecified atom stereocenters. The summed E-state index contributed by atoms with van der Waals surface area (Å²) in [4.78, 5) is 0. The minimum atomic E-state index is 0. The molecule has 0 aliphatic rings. The van der Waals surface area contributed by atoms with Crippen LogP contribution in [0.15, 0.2) is 0 Å². The van der Waals surface area contributed by atoms with Crippen molar-refractivity contribution >= 4 is 17.4 Å². The summed E-state index contributed by atoms with van der Waals surface area (Å²) in [5.41, 5.74) is 0. The van der Waals surface area contributed by atoms with Crippen molar-refractivity contribution in [3.05, 3.63) is 12.3 Å². The molecule has 0 fully saturated rings. The summed E-state index contributed by atoms with van der Waals surface area (Å²) in [5, 5.41) is 0. The van der Waals surface area contributed by atoms with Gasteiger partial charge in [0.15, 0.2) is 0 Å². The second-order valence-electron chi connectivity index (χ2n) is 0. The first-order valence-corrected chi connectivity index (χ1v) is 0. The van der Waals surface area contributed by atoms with Crippen molar-refractivity contribution < 1.29 is 17.4 Å². The molecular formula is AlCrN2. The van der Waals surface area contributed by atoms with E-state index in [4.69, 9.17) is 0 Å². The van der Waals surface area contributed by atoms with Crippen LogP contribution >= 0.6 is 0 Å². The summed E-state index contributed by atoms with van der Waals surface area (Å²) in [7, 11) is 0. The van der Waals surface area contributed by atoms with E-state index >= 15 is 0 Å². The fourth-order valence-corrected chi connectivity index (χ4v) is 0. The second-order valence-corrected chi connectivity index (χ2v) is 0. The first kappa shape index (κ1) is 81.6. The third kappa shape index (κ3) is 12.1. The van der Waals surface area contributed by atoms with Crippen LogP contribution in [0.3, 0.4) is 0 Å². The molecule has 19 valence electrons. The van der Waals surface area contributed by atoms with Crippen molar-refractivity contribution in [2.75, 3.05) is 0 Å². The molecule has 0 bridgehead atoms. The minimum Gasteiger partial charge on any atom is -3.00 e. The Labute approximate surface area is 47.4 Å². The van der Waals surface area contributed by atoms with Crippen LogP contribution in [0.2, 0.25) is 0 Å². The first-order chi connectivity index (χ1) is 0. The molecule has 0 amide bonds. The Hall–Kier alpha value is 0.985. The molecule has 0 atom stereocenters. The van der Waals surface area contributed by atoms with E-state index in [0.717, 1.165) is 0 Å². The van der Waals surface area contributed by atoms with Crippen molar-refractivity contribution in [1.82, 2.24) is 0 Å². The Morgan fingerprint density at radius 3 is 0.750 bits per heavy atom. The van der Waals surface area contributed by atoms with E-state index in [1.54, 1.807) is 0 Å². The predicted molar refractivity (Wildman–Crippen MR) is 12.5 cm³/mol. The van der Waals surface area contributed by atoms with Gasteiger partial charge in [-0.1, -0.05) is 0 Å². The summed E-state index contributed by atoms with van der Waals surface area (Å²) < 4.78 is 0. The van der Waals surface area contributed by atoms with E-state index in [1.807, 2.05) is 0 Å². The first-order valence-electron chi connectivity index (χ1n) is 0. The van der Waals surface area contributed by atoms with E-state index in [9.17, 15) is 0 Å². The molecule has 0 aliphatic heterocycles. The molecule has 0 aromatic carbocycles. The maximum Gasteiger partial charge on any atom is 3.00 e. The van der Waals surface area contributed by atoms with E-state index in [1.165, 1.54) is 0 Å². The van der Waals surface area contributed by atoms with E-state index in [0.29, 0.717) is 0 Å². The molecular weight excluding hydrogens is 107 g/mol. The molecule has 0 spiro atoms. The van der Waals surface area contributed by atoms with Gasteiger partial charge < -0.3 is 12.3 Å². The Kier molecular flexibility index (Phi) is 747. The Morgan fingerprint density at radius 1 is 0.750 bits per heavy atom. The zero-order valence-corrected chi connectivity index (χ0v) is 4.31. The summed E-state index contributed by atoms with van der Waals surface area (Å²) in [6.07, 6.45) is 0. The van der Waals surface area contributed by atoms with Crippen LogP contribution in [0.5, 0.6) is 0 Å². The van der Waals surface area contributed by atoms with Gasteiger partial charge in [0, 0.05) is 0 Å². The van der Waals surface area contributed by atoms with Gasteiger partial charge in [-0.2, -0.15) is 0 Å². The van der Waals surface area contributed by atoms with Crippen LogP contribution in [0.4, 0.5) is 0 Å². The third-order valence-corrected chi connectivity index (χ3v) is 0. The average Bonchev–Trinajstić information content (AvgIpc) is 0. The van der Waals surface area contributed by atoms with Gasteiger partial charge in [0.25, 0.3) is 0 Å². The van der Waals surface area contributed by atoms with Gasteiger partial charge in [-0.25, -0.2) is 0 Å². The third-order valence-electron chi connectivity index (χ3n) is 0. The van der Waals surface area contributed by atoms with Gasteiger partial charge >= 0.3 is 34.7 Å². The molecule has 4 heavy (non-hydrogen) atoms. The summed E-state index contributed by atoms with van der Waals surface area (Å²) >= 11 is 0. The molecule has 1 radical (unpaired) electrons. The van der Waals surface area contributed by atoms with Gasteiger partial charge in [-0.05, 0) is 0 Å². The van der Waals surface area contributed by atoms with E-state index in [2.05, 4.69) is 0 Å². The average molecular weight is 107 g/mol. The van der Waals surface area contributed by atoms with Crippen LogP contribution in [-0.2, 0) is 17.4 Å². The Bertz CT molecular complexity index is 6.00. The minimum absolute atomic E-state index is 0. The molecule has 0 saturated carbocycles. The van der Waals surface area contributed by atoms with Crippen LogP contribution < -0.4 is 0 Å². The van der Waals surface area contributed by atoms with Gasteiger partial charge in [0.2, 0.25) is 0 Å². The molecule has 0 saturated heterocycles. The van der Waals surface area contributed by atoms with Gasteiger partial charge in [0.1, 0.15) is 0 Å². The molecule has 2 nitrogen and oxygen atoms in total. The smallest absolute Gasteiger partial charge is 3.00 e. The number of rotatable bonds is 0. The van der Waals surface area contributed by atoms with Gasteiger partial charge in [-0.3, -0.25) is 0 Å². The fraction of sp³-hybridized carbons (Fsp3) is 0. The van der Waals surface area contributed by atoms with E-state index < -0.39 is 0 Å². The number of nitrogens with zero attached hydrogens (tertiary/aromatic N) is 2. The zero-order chi connectivity index (χ0) is 0. The van der Waals surface area contributed by atoms with Gasteiger partial charge in [0.05, 0.1) is 0 Å². The normalized spacial score (nSPS) is 0. The monoisotopic (exact) mass is 107 g/mol. The van der Waals surface area contributed by atoms with Crippen molar-refractivity contribution in [2.45, 2.75) is 0 Å². The Balaban J connectivity index is 0. The van der Waals surface area contributed by atoms with Crippen molar-refractivity contribution in [1.29, 1.82) is 0 Å². The molecule has 4 heteroatoms. The molecule has 0 heterocycles. The number of hydrogen-bond donors (Lipinski definition) is 0. The molecule has 0 aliphatic carbocycles. The summed E-state index contributed by atoms with van der Waals surface area (Å²) in [6, 6.07) is 0. The summed E-state index contributed by atoms with van der Waals surface area (Å²) in [5.74, 6) is 0. The fourth-order valence-electron chi connectivity index (χ4n) is 0. The quantitative estimate of drug-likeness (QED) is 0.397. The standard InChI is InChI=1S/Al.Cr.2N/q2*+3;2*-3. The van der Waals surface area contributed by atoms with Crippen molar-refractivity contribution in [2.24, 2.45) is 0 Å². The van der Waals surface area contributed by atoms with Crippen LogP contribution in [-0.4, -0.2) is 17.4 Å². The SMILES string of the molecule is [Al+3].[Cr+3].[N-3].[N-3]. The van der Waals surface area contributed by atoms with Crippen LogP contribution in [0.1, 0.15) is 0 Å². The maximum absolute atomic E-state index is 0. The molecule has 0 aromatic heterocycles. The zero-order valence-electron chi connectivity index (χ0n) is 1.88. The summed E-state index contributed by atoms with van der Waals surface area (Å²) in [6.45, 7) is 0. The van der Waals surface area contributed by atoms with E-state index in [-0.39, 0.29) is 47.0 Å². The predicted octanol–water partition coefficient (Wildman–Crippen LogP) is 0.194. The molecule has 0 aromatic rings. The van der Waals surface area contributed by atoms with Gasteiger partial charge in [-0.15, -0.1) is 0 Å². The number of hydrogen-bond acceptors (Lipinski definition) is 0. The molecule has 0 rings (SSSR count). The topological polar surface area (TPSA) is 61.0 Å². The largest absolute Gasteiger partial charge is 3.00 e. The second kappa shape index (κ2) is 36.6. The van der Waals surface area contributed by atoms with Crippen molar-refractivity contribution in [3.63, 3.8) is 0 Å². The van der Waals surface area contributed by atoms with Crippen molar-refractivity contribution in [3.8, 4) is 0 Å².